The second-order valence-corrected chi connectivity index (χ2v) is 22.0. The Morgan fingerprint density at radius 2 is 0.760 bits per heavy atom. The number of carbonyl (C=O) groups is 3. The first-order chi connectivity index (χ1) is 36.6. The number of allylic oxidation sites excluding steroid dienone is 12. The molecule has 9 nitrogen and oxygen atoms in total. The molecule has 0 bridgehead atoms. The molecule has 75 heavy (non-hydrogen) atoms. The summed E-state index contributed by atoms with van der Waals surface area (Å²) in [5.41, 5.74) is 0. The van der Waals surface area contributed by atoms with Crippen LogP contribution in [0.25, 0.3) is 0 Å². The molecule has 0 saturated heterocycles. The van der Waals surface area contributed by atoms with Crippen molar-refractivity contribution in [1.82, 2.24) is 0 Å². The fraction of sp³-hybridized carbons (Fsp3) is 0.773. The molecule has 0 aromatic rings. The Bertz CT molecular complexity index is 1460. The van der Waals surface area contributed by atoms with Gasteiger partial charge >= 0.3 is 17.9 Å². The molecular formula is C66H118NO8+. The van der Waals surface area contributed by atoms with Crippen molar-refractivity contribution in [3.05, 3.63) is 72.9 Å². The van der Waals surface area contributed by atoms with Gasteiger partial charge in [-0.2, -0.15) is 0 Å². The van der Waals surface area contributed by atoms with E-state index >= 15 is 0 Å². The molecular weight excluding hydrogens is 935 g/mol. The van der Waals surface area contributed by atoms with E-state index in [0.29, 0.717) is 17.4 Å². The van der Waals surface area contributed by atoms with E-state index in [1.165, 1.54) is 180 Å². The average molecular weight is 1050 g/mol. The molecule has 0 saturated carbocycles. The van der Waals surface area contributed by atoms with Crippen LogP contribution in [0.2, 0.25) is 0 Å². The molecule has 434 valence electrons. The van der Waals surface area contributed by atoms with Crippen LogP contribution in [0.1, 0.15) is 271 Å². The minimum Gasteiger partial charge on any atom is -0.477 e. The first kappa shape index (κ1) is 71.7. The van der Waals surface area contributed by atoms with Gasteiger partial charge in [-0.1, -0.05) is 279 Å². The summed E-state index contributed by atoms with van der Waals surface area (Å²) in [6, 6.07) is 0. The van der Waals surface area contributed by atoms with E-state index in [9.17, 15) is 19.5 Å². The molecule has 1 N–H and O–H groups in total. The van der Waals surface area contributed by atoms with E-state index < -0.39 is 24.3 Å². The van der Waals surface area contributed by atoms with Gasteiger partial charge in [0, 0.05) is 12.8 Å². The van der Waals surface area contributed by atoms with Gasteiger partial charge < -0.3 is 28.5 Å². The summed E-state index contributed by atoms with van der Waals surface area (Å²) < 4.78 is 22.8. The van der Waals surface area contributed by atoms with Gasteiger partial charge in [0.25, 0.3) is 6.29 Å². The lowest BCUT2D eigenvalue weighted by Gasteiger charge is -2.25. The average Bonchev–Trinajstić information content (AvgIpc) is 3.38. The summed E-state index contributed by atoms with van der Waals surface area (Å²) in [6.07, 6.45) is 71.7. The number of nitrogens with zero attached hydrogens (tertiary/aromatic N) is 1. The van der Waals surface area contributed by atoms with Crippen LogP contribution >= 0.6 is 0 Å². The van der Waals surface area contributed by atoms with E-state index in [0.717, 1.165) is 57.8 Å². The van der Waals surface area contributed by atoms with Crippen LogP contribution in [-0.2, 0) is 33.3 Å². The Hall–Kier alpha value is -3.27. The van der Waals surface area contributed by atoms with Crippen molar-refractivity contribution in [2.24, 2.45) is 0 Å². The van der Waals surface area contributed by atoms with Gasteiger partial charge in [-0.3, -0.25) is 9.59 Å². The summed E-state index contributed by atoms with van der Waals surface area (Å²) in [7, 11) is 5.95. The number of rotatable bonds is 57. The number of aliphatic carboxylic acids is 1. The summed E-state index contributed by atoms with van der Waals surface area (Å²) >= 11 is 0. The first-order valence-corrected chi connectivity index (χ1v) is 31.1. The molecule has 0 aliphatic heterocycles. The van der Waals surface area contributed by atoms with Crippen LogP contribution in [0.5, 0.6) is 0 Å². The number of likely N-dealkylation sites (N-methyl/N-ethyl adjacent to an activating group) is 1. The second-order valence-electron chi connectivity index (χ2n) is 22.0. The third kappa shape index (κ3) is 58.3. The summed E-state index contributed by atoms with van der Waals surface area (Å²) in [4.78, 5) is 37.4. The zero-order valence-corrected chi connectivity index (χ0v) is 49.4. The number of esters is 2. The lowest BCUT2D eigenvalue weighted by molar-refractivity contribution is -0.870. The maximum Gasteiger partial charge on any atom is 0.361 e. The first-order valence-electron chi connectivity index (χ1n) is 31.1. The molecule has 0 spiro atoms. The summed E-state index contributed by atoms with van der Waals surface area (Å²) in [5.74, 6) is -2.11. The van der Waals surface area contributed by atoms with Crippen molar-refractivity contribution in [1.29, 1.82) is 0 Å². The number of hydrogen-bond acceptors (Lipinski definition) is 7. The van der Waals surface area contributed by atoms with Gasteiger partial charge in [-0.25, -0.2) is 4.79 Å². The molecule has 0 radical (unpaired) electrons. The van der Waals surface area contributed by atoms with Crippen molar-refractivity contribution >= 4 is 17.9 Å². The second kappa shape index (κ2) is 56.9. The van der Waals surface area contributed by atoms with Crippen LogP contribution in [0.15, 0.2) is 72.9 Å². The molecule has 0 aromatic carbocycles. The van der Waals surface area contributed by atoms with Gasteiger partial charge in [0.2, 0.25) is 0 Å². The van der Waals surface area contributed by atoms with Crippen LogP contribution < -0.4 is 0 Å². The lowest BCUT2D eigenvalue weighted by Crippen LogP contribution is -2.40. The van der Waals surface area contributed by atoms with Crippen LogP contribution in [0, 0.1) is 0 Å². The lowest BCUT2D eigenvalue weighted by atomic mass is 10.0. The van der Waals surface area contributed by atoms with E-state index in [-0.39, 0.29) is 38.6 Å². The molecule has 0 aliphatic rings. The zero-order valence-electron chi connectivity index (χ0n) is 49.4. The molecule has 2 atom stereocenters. The molecule has 0 aromatic heterocycles. The van der Waals surface area contributed by atoms with Gasteiger partial charge in [-0.15, -0.1) is 0 Å². The third-order valence-corrected chi connectivity index (χ3v) is 13.5. The highest BCUT2D eigenvalue weighted by Gasteiger charge is 2.25. The number of quaternary nitrogens is 1. The van der Waals surface area contributed by atoms with Crippen LogP contribution in [0.4, 0.5) is 0 Å². The predicted octanol–water partition coefficient (Wildman–Crippen LogP) is 18.6. The quantitative estimate of drug-likeness (QED) is 0.0211. The van der Waals surface area contributed by atoms with Crippen molar-refractivity contribution in [3.8, 4) is 0 Å². The highest BCUT2D eigenvalue weighted by Crippen LogP contribution is 2.17. The Morgan fingerprint density at radius 1 is 0.413 bits per heavy atom. The summed E-state index contributed by atoms with van der Waals surface area (Å²) in [5, 5.41) is 9.70. The van der Waals surface area contributed by atoms with Gasteiger partial charge in [0.15, 0.2) is 6.10 Å². The van der Waals surface area contributed by atoms with E-state index in [2.05, 4.69) is 74.6 Å². The standard InChI is InChI=1S/C66H117NO8/c1-6-8-10-12-14-16-18-20-22-24-26-27-28-29-30-31-32-33-34-35-36-37-39-40-42-44-46-48-50-52-54-56-63(68)73-60-62(61-74-66(65(70)71)72-59-58-67(3,4)5)75-64(69)57-55-53-51-49-47-45-43-41-38-25-23-21-19-17-15-13-11-9-7-2/h9,11,15,17,21,23,38,41,45,47,51,53,62,66H,6-8,10,12-14,16,18-20,22,24-37,39-40,42-44,46,48-50,52,54-61H2,1-5H3/p+1/b11-9-,17-15-,23-21-,41-38-,47-45-,53-51-. The Morgan fingerprint density at radius 3 is 1.11 bits per heavy atom. The Balaban J connectivity index is 4.17. The molecule has 0 fully saturated rings. The minimum atomic E-state index is -1.53. The highest BCUT2D eigenvalue weighted by atomic mass is 16.7. The Labute approximate surface area is 462 Å². The topological polar surface area (TPSA) is 108 Å². The van der Waals surface area contributed by atoms with Gasteiger partial charge in [-0.05, 0) is 51.4 Å². The van der Waals surface area contributed by atoms with E-state index in [1.54, 1.807) is 0 Å². The smallest absolute Gasteiger partial charge is 0.361 e. The number of hydrogen-bond donors (Lipinski definition) is 1. The molecule has 2 unspecified atom stereocenters. The maximum absolute atomic E-state index is 12.8. The van der Waals surface area contributed by atoms with Crippen LogP contribution in [-0.4, -0.2) is 87.4 Å². The van der Waals surface area contributed by atoms with Crippen LogP contribution in [0.3, 0.4) is 0 Å². The van der Waals surface area contributed by atoms with Crippen molar-refractivity contribution < 1.29 is 42.9 Å². The number of carbonyl (C=O) groups excluding carboxylic acids is 2. The van der Waals surface area contributed by atoms with Gasteiger partial charge in [0.1, 0.15) is 13.2 Å². The van der Waals surface area contributed by atoms with Gasteiger partial charge in [0.05, 0.1) is 34.4 Å². The minimum absolute atomic E-state index is 0.134. The molecule has 0 amide bonds. The van der Waals surface area contributed by atoms with Crippen molar-refractivity contribution in [2.45, 2.75) is 283 Å². The molecule has 9 heteroatoms. The number of carboxylic acids is 1. The monoisotopic (exact) mass is 1050 g/mol. The summed E-state index contributed by atoms with van der Waals surface area (Å²) in [6.45, 7) is 4.70. The molecule has 0 heterocycles. The predicted molar refractivity (Wildman–Crippen MR) is 318 cm³/mol. The normalized spacial score (nSPS) is 13.2. The SMILES string of the molecule is CC/C=C\C/C=C\C/C=C\C/C=C\C/C=C\C/C=C\CCC(=O)OC(COC(=O)CCCCCCCCCCCCCCCCCCCCCCCCCCCCCCCCC)COC(OCC[N+](C)(C)C)C(=O)O. The molecule has 0 aliphatic carbocycles. The van der Waals surface area contributed by atoms with E-state index in [4.69, 9.17) is 18.9 Å². The number of ether oxygens (including phenoxy) is 4. The third-order valence-electron chi connectivity index (χ3n) is 13.5. The van der Waals surface area contributed by atoms with Crippen molar-refractivity contribution in [2.75, 3.05) is 47.5 Å². The maximum atomic E-state index is 12.8. The number of unbranched alkanes of at least 4 members (excludes halogenated alkanes) is 30. The zero-order chi connectivity index (χ0) is 54.8. The Kier molecular flexibility index (Phi) is 54.4. The number of carboxylic acid groups (broad SMARTS) is 1. The molecule has 0 rings (SSSR count). The highest BCUT2D eigenvalue weighted by molar-refractivity contribution is 5.71. The van der Waals surface area contributed by atoms with Crippen molar-refractivity contribution in [3.63, 3.8) is 0 Å². The fourth-order valence-corrected chi connectivity index (χ4v) is 8.75. The fourth-order valence-electron chi connectivity index (χ4n) is 8.75. The van der Waals surface area contributed by atoms with E-state index in [1.807, 2.05) is 33.3 Å². The largest absolute Gasteiger partial charge is 0.477 e.